The van der Waals surface area contributed by atoms with Crippen LogP contribution in [0.2, 0.25) is 0 Å². The van der Waals surface area contributed by atoms with Gasteiger partial charge in [-0.1, -0.05) is 24.3 Å². The average Bonchev–Trinajstić information content (AvgIpc) is 3.27. The fourth-order valence-electron chi connectivity index (χ4n) is 3.13. The molecular weight excluding hydrogens is 318 g/mol. The third-order valence-electron chi connectivity index (χ3n) is 4.41. The smallest absolute Gasteiger partial charge is 0.259 e. The third-order valence-corrected chi connectivity index (χ3v) is 4.41. The number of anilines is 1. The van der Waals surface area contributed by atoms with Crippen molar-refractivity contribution in [3.05, 3.63) is 54.4 Å². The lowest BCUT2D eigenvalue weighted by atomic mass is 10.1. The maximum Gasteiger partial charge on any atom is 0.259 e. The number of carbonyl (C=O) groups is 1. The summed E-state index contributed by atoms with van der Waals surface area (Å²) < 4.78 is 7.36. The monoisotopic (exact) mass is 337 g/mol. The number of ether oxygens (including phenoxy) is 1. The Morgan fingerprint density at radius 2 is 2.12 bits per heavy atom. The maximum absolute atomic E-state index is 12.5. The van der Waals surface area contributed by atoms with Crippen LogP contribution in [0.3, 0.4) is 0 Å². The number of hydrogen-bond donors (Lipinski definition) is 2. The lowest BCUT2D eigenvalue weighted by Crippen LogP contribution is -2.15. The Bertz CT molecular complexity index is 913. The van der Waals surface area contributed by atoms with Crippen molar-refractivity contribution < 1.29 is 14.6 Å². The van der Waals surface area contributed by atoms with Gasteiger partial charge in [-0.05, 0) is 35.7 Å². The van der Waals surface area contributed by atoms with E-state index in [2.05, 4.69) is 10.4 Å². The number of aromatic nitrogens is 2. The van der Waals surface area contributed by atoms with E-state index in [1.165, 1.54) is 0 Å². The van der Waals surface area contributed by atoms with Gasteiger partial charge in [0.2, 0.25) is 0 Å². The Kier molecular flexibility index (Phi) is 4.11. The molecule has 3 aromatic rings. The summed E-state index contributed by atoms with van der Waals surface area (Å²) in [5, 5.41) is 19.0. The molecule has 2 N–H and O–H groups in total. The van der Waals surface area contributed by atoms with Crippen LogP contribution in [0.1, 0.15) is 23.2 Å². The Morgan fingerprint density at radius 3 is 2.88 bits per heavy atom. The highest BCUT2D eigenvalue weighted by Gasteiger charge is 2.17. The first-order valence-electron chi connectivity index (χ1n) is 8.36. The van der Waals surface area contributed by atoms with Crippen LogP contribution in [-0.2, 0) is 11.3 Å². The van der Waals surface area contributed by atoms with Crippen molar-refractivity contribution >= 4 is 22.4 Å². The van der Waals surface area contributed by atoms with E-state index in [9.17, 15) is 9.90 Å². The van der Waals surface area contributed by atoms with E-state index in [-0.39, 0.29) is 23.3 Å². The normalized spacial score (nSPS) is 17.0. The number of fused-ring (bicyclic) bond motifs is 1. The molecule has 0 radical (unpaired) electrons. The second-order valence-electron chi connectivity index (χ2n) is 6.26. The highest BCUT2D eigenvalue weighted by Crippen LogP contribution is 2.25. The lowest BCUT2D eigenvalue weighted by molar-refractivity contribution is 0.0940. The second kappa shape index (κ2) is 6.57. The SMILES string of the molecule is O=C(Nc1cnn(C[C@H]2CCCO2)c1)c1cc2ccccc2cc1O. The van der Waals surface area contributed by atoms with E-state index in [0.717, 1.165) is 30.2 Å². The minimum absolute atomic E-state index is 0.0389. The molecule has 0 saturated carbocycles. The first-order valence-corrected chi connectivity index (χ1v) is 8.36. The summed E-state index contributed by atoms with van der Waals surface area (Å²) >= 11 is 0. The third kappa shape index (κ3) is 3.34. The first kappa shape index (κ1) is 15.7. The van der Waals surface area contributed by atoms with Gasteiger partial charge in [0.25, 0.3) is 5.91 Å². The van der Waals surface area contributed by atoms with Crippen molar-refractivity contribution in [3.63, 3.8) is 0 Å². The molecule has 0 unspecified atom stereocenters. The van der Waals surface area contributed by atoms with Crippen molar-refractivity contribution in [2.24, 2.45) is 0 Å². The number of hydrogen-bond acceptors (Lipinski definition) is 4. The number of benzene rings is 2. The molecule has 0 aliphatic carbocycles. The molecule has 4 rings (SSSR count). The second-order valence-corrected chi connectivity index (χ2v) is 6.26. The lowest BCUT2D eigenvalue weighted by Gasteiger charge is -2.09. The Balaban J connectivity index is 1.50. The molecule has 1 amide bonds. The van der Waals surface area contributed by atoms with Gasteiger partial charge in [-0.2, -0.15) is 5.10 Å². The van der Waals surface area contributed by atoms with Gasteiger partial charge >= 0.3 is 0 Å². The molecule has 0 spiro atoms. The van der Waals surface area contributed by atoms with Crippen molar-refractivity contribution in [3.8, 4) is 5.75 Å². The summed E-state index contributed by atoms with van der Waals surface area (Å²) in [7, 11) is 0. The number of carbonyl (C=O) groups excluding carboxylic acids is 1. The zero-order valence-corrected chi connectivity index (χ0v) is 13.7. The molecule has 1 aromatic heterocycles. The Labute approximate surface area is 145 Å². The highest BCUT2D eigenvalue weighted by molar-refractivity contribution is 6.08. The summed E-state index contributed by atoms with van der Waals surface area (Å²) in [6, 6.07) is 10.9. The summed E-state index contributed by atoms with van der Waals surface area (Å²) in [4.78, 5) is 12.5. The Morgan fingerprint density at radius 1 is 1.32 bits per heavy atom. The summed E-state index contributed by atoms with van der Waals surface area (Å²) in [6.45, 7) is 1.48. The predicted molar refractivity (Wildman–Crippen MR) is 94.8 cm³/mol. The van der Waals surface area contributed by atoms with Gasteiger partial charge in [0.05, 0.1) is 30.1 Å². The molecule has 6 nitrogen and oxygen atoms in total. The summed E-state index contributed by atoms with van der Waals surface area (Å²) in [5.41, 5.74) is 0.834. The topological polar surface area (TPSA) is 76.4 Å². The zero-order valence-electron chi connectivity index (χ0n) is 13.7. The summed E-state index contributed by atoms with van der Waals surface area (Å²) in [5.74, 6) is -0.400. The summed E-state index contributed by atoms with van der Waals surface area (Å²) in [6.07, 6.45) is 5.68. The molecular formula is C19H19N3O3. The number of rotatable bonds is 4. The van der Waals surface area contributed by atoms with Crippen molar-refractivity contribution in [2.45, 2.75) is 25.5 Å². The van der Waals surface area contributed by atoms with Crippen LogP contribution in [0.15, 0.2) is 48.8 Å². The molecule has 2 aromatic carbocycles. The Hall–Kier alpha value is -2.86. The van der Waals surface area contributed by atoms with Crippen LogP contribution in [0.25, 0.3) is 10.8 Å². The van der Waals surface area contributed by atoms with E-state index >= 15 is 0 Å². The van der Waals surface area contributed by atoms with E-state index in [0.29, 0.717) is 12.2 Å². The number of nitrogens with zero attached hydrogens (tertiary/aromatic N) is 2. The molecule has 25 heavy (non-hydrogen) atoms. The van der Waals surface area contributed by atoms with Gasteiger partial charge in [-0.3, -0.25) is 9.48 Å². The standard InChI is InChI=1S/C19H19N3O3/c23-18-9-14-5-2-1-4-13(14)8-17(18)19(24)21-15-10-20-22(11-15)12-16-6-3-7-25-16/h1-2,4-5,8-11,16,23H,3,6-7,12H2,(H,21,24)/t16-/m1/s1. The van der Waals surface area contributed by atoms with Crippen LogP contribution in [0, 0.1) is 0 Å². The molecule has 1 fully saturated rings. The van der Waals surface area contributed by atoms with E-state index in [1.54, 1.807) is 29.2 Å². The van der Waals surface area contributed by atoms with Crippen molar-refractivity contribution in [1.29, 1.82) is 0 Å². The minimum Gasteiger partial charge on any atom is -0.507 e. The molecule has 1 saturated heterocycles. The number of phenols is 1. The van der Waals surface area contributed by atoms with Crippen LogP contribution < -0.4 is 5.32 Å². The molecule has 128 valence electrons. The number of aromatic hydroxyl groups is 1. The van der Waals surface area contributed by atoms with Crippen LogP contribution in [0.5, 0.6) is 5.75 Å². The minimum atomic E-state index is -0.361. The van der Waals surface area contributed by atoms with Crippen LogP contribution in [-0.4, -0.2) is 33.5 Å². The zero-order chi connectivity index (χ0) is 17.2. The van der Waals surface area contributed by atoms with Gasteiger partial charge in [0.1, 0.15) is 5.75 Å². The molecule has 1 atom stereocenters. The van der Waals surface area contributed by atoms with Crippen molar-refractivity contribution in [1.82, 2.24) is 9.78 Å². The molecule has 1 aliphatic heterocycles. The maximum atomic E-state index is 12.5. The molecule has 6 heteroatoms. The average molecular weight is 337 g/mol. The number of nitrogens with one attached hydrogen (secondary N) is 1. The van der Waals surface area contributed by atoms with Crippen LogP contribution >= 0.6 is 0 Å². The molecule has 1 aliphatic rings. The van der Waals surface area contributed by atoms with E-state index < -0.39 is 0 Å². The highest BCUT2D eigenvalue weighted by atomic mass is 16.5. The van der Waals surface area contributed by atoms with Gasteiger partial charge in [0.15, 0.2) is 0 Å². The largest absolute Gasteiger partial charge is 0.507 e. The van der Waals surface area contributed by atoms with Crippen LogP contribution in [0.4, 0.5) is 5.69 Å². The quantitative estimate of drug-likeness (QED) is 0.767. The first-order chi connectivity index (χ1) is 12.2. The van der Waals surface area contributed by atoms with E-state index in [4.69, 9.17) is 4.74 Å². The van der Waals surface area contributed by atoms with Gasteiger partial charge < -0.3 is 15.2 Å². The number of amides is 1. The van der Waals surface area contributed by atoms with E-state index in [1.807, 2.05) is 24.3 Å². The molecule has 0 bridgehead atoms. The van der Waals surface area contributed by atoms with Gasteiger partial charge in [0, 0.05) is 12.8 Å². The fraction of sp³-hybridized carbons (Fsp3) is 0.263. The van der Waals surface area contributed by atoms with Gasteiger partial charge in [-0.25, -0.2) is 0 Å². The molecule has 2 heterocycles. The number of phenolic OH excluding ortho intramolecular Hbond substituents is 1. The van der Waals surface area contributed by atoms with Crippen molar-refractivity contribution in [2.75, 3.05) is 11.9 Å². The van der Waals surface area contributed by atoms with Gasteiger partial charge in [-0.15, -0.1) is 0 Å². The fourth-order valence-corrected chi connectivity index (χ4v) is 3.13. The predicted octanol–water partition coefficient (Wildman–Crippen LogP) is 3.17.